The van der Waals surface area contributed by atoms with Crippen LogP contribution in [0.1, 0.15) is 38.3 Å². The number of hydrogen-bond acceptors (Lipinski definition) is 6. The van der Waals surface area contributed by atoms with E-state index in [-0.39, 0.29) is 37.7 Å². The Kier molecular flexibility index (Phi) is 5.33. The molecule has 0 radical (unpaired) electrons. The van der Waals surface area contributed by atoms with Crippen LogP contribution in [0.2, 0.25) is 5.02 Å². The number of rotatable bonds is 4. The third-order valence-electron chi connectivity index (χ3n) is 7.24. The van der Waals surface area contributed by atoms with Gasteiger partial charge in [0.1, 0.15) is 11.3 Å². The van der Waals surface area contributed by atoms with Crippen LogP contribution in [0.3, 0.4) is 0 Å². The van der Waals surface area contributed by atoms with Gasteiger partial charge in [0, 0.05) is 29.7 Å². The van der Waals surface area contributed by atoms with Gasteiger partial charge in [-0.25, -0.2) is 0 Å². The summed E-state index contributed by atoms with van der Waals surface area (Å²) >= 11 is 6.27. The molecule has 4 aliphatic heterocycles. The first kappa shape index (κ1) is 21.5. The highest BCUT2D eigenvalue weighted by atomic mass is 35.5. The largest absolute Gasteiger partial charge is 0.493 e. The highest BCUT2D eigenvalue weighted by Gasteiger charge is 2.69. The van der Waals surface area contributed by atoms with E-state index < -0.39 is 29.4 Å². The highest BCUT2D eigenvalue weighted by molar-refractivity contribution is 6.30. The number of halogens is 1. The van der Waals surface area contributed by atoms with Crippen molar-refractivity contribution in [1.82, 2.24) is 9.80 Å². The Labute approximate surface area is 191 Å². The molecule has 5 atom stereocenters. The minimum atomic E-state index is -1.37. The van der Waals surface area contributed by atoms with E-state index >= 15 is 0 Å². The Morgan fingerprint density at radius 2 is 2.16 bits per heavy atom. The minimum Gasteiger partial charge on any atom is -0.493 e. The van der Waals surface area contributed by atoms with E-state index in [4.69, 9.17) is 25.8 Å². The van der Waals surface area contributed by atoms with Gasteiger partial charge in [-0.05, 0) is 44.9 Å². The van der Waals surface area contributed by atoms with Crippen LogP contribution in [0.25, 0.3) is 0 Å². The number of piperazine rings is 1. The van der Waals surface area contributed by atoms with Crippen molar-refractivity contribution in [2.45, 2.75) is 44.4 Å². The molecular weight excluding hydrogens is 436 g/mol. The number of carbonyl (C=O) groups is 3. The van der Waals surface area contributed by atoms with Gasteiger partial charge in [-0.15, -0.1) is 0 Å². The lowest BCUT2D eigenvalue weighted by molar-refractivity contribution is -0.171. The summed E-state index contributed by atoms with van der Waals surface area (Å²) in [5.41, 5.74) is -0.650. The van der Waals surface area contributed by atoms with Crippen LogP contribution in [0.15, 0.2) is 18.2 Å². The molecule has 0 saturated carbocycles. The molecule has 8 nitrogen and oxygen atoms in total. The second-order valence-electron chi connectivity index (χ2n) is 9.06. The maximum absolute atomic E-state index is 13.9. The Balaban J connectivity index is 1.59. The summed E-state index contributed by atoms with van der Waals surface area (Å²) in [5.74, 6) is -1.57. The van der Waals surface area contributed by atoms with E-state index in [0.717, 1.165) is 18.4 Å². The Bertz CT molecular complexity index is 964. The lowest BCUT2D eigenvalue weighted by atomic mass is 9.77. The Hall–Kier alpha value is -2.32. The van der Waals surface area contributed by atoms with Crippen LogP contribution < -0.4 is 4.74 Å². The van der Waals surface area contributed by atoms with Crippen LogP contribution in [0.4, 0.5) is 0 Å². The van der Waals surface area contributed by atoms with Crippen molar-refractivity contribution in [3.63, 3.8) is 0 Å². The van der Waals surface area contributed by atoms with Crippen LogP contribution in [0.5, 0.6) is 5.75 Å². The SMILES string of the molecule is CCOC(=O)[C@H]1[C@H]2COc3ccc(Cl)cc3[C@@H]2N2C(=O)CN(CC3CCCO3)C(=O)[C@@]12C. The molecule has 4 heterocycles. The van der Waals surface area contributed by atoms with Crippen molar-refractivity contribution in [3.05, 3.63) is 28.8 Å². The standard InChI is InChI=1S/C23H27ClN2O6/c1-3-30-21(28)19-16-12-32-17-7-6-13(24)9-15(17)20(16)26-18(27)11-25(22(29)23(19,26)2)10-14-5-4-8-31-14/h6-7,9,14,16,19-20H,3-5,8,10-12H2,1-2H3/t14?,16-,19-,20+,23-/m1/s1. The summed E-state index contributed by atoms with van der Waals surface area (Å²) in [7, 11) is 0. The number of hydrogen-bond donors (Lipinski definition) is 0. The molecule has 0 aliphatic carbocycles. The van der Waals surface area contributed by atoms with Gasteiger partial charge in [0.2, 0.25) is 11.8 Å². The first-order valence-electron chi connectivity index (χ1n) is 11.2. The Morgan fingerprint density at radius 3 is 2.88 bits per heavy atom. The predicted molar refractivity (Wildman–Crippen MR) is 114 cm³/mol. The fourth-order valence-electron chi connectivity index (χ4n) is 5.95. The molecule has 2 amide bonds. The summed E-state index contributed by atoms with van der Waals surface area (Å²) in [6, 6.07) is 4.77. The van der Waals surface area contributed by atoms with Crippen molar-refractivity contribution in [2.24, 2.45) is 11.8 Å². The van der Waals surface area contributed by atoms with Crippen molar-refractivity contribution >= 4 is 29.4 Å². The first-order valence-corrected chi connectivity index (χ1v) is 11.6. The number of carbonyl (C=O) groups excluding carboxylic acids is 3. The molecule has 32 heavy (non-hydrogen) atoms. The van der Waals surface area contributed by atoms with Crippen molar-refractivity contribution in [1.29, 1.82) is 0 Å². The first-order chi connectivity index (χ1) is 15.4. The number of esters is 1. The minimum absolute atomic E-state index is 0.0379. The van der Waals surface area contributed by atoms with Gasteiger partial charge >= 0.3 is 5.97 Å². The average Bonchev–Trinajstić information content (AvgIpc) is 3.36. The second kappa shape index (κ2) is 7.92. The third kappa shape index (κ3) is 3.10. The van der Waals surface area contributed by atoms with Crippen LogP contribution in [-0.2, 0) is 23.9 Å². The van der Waals surface area contributed by atoms with E-state index in [2.05, 4.69) is 0 Å². The number of benzene rings is 1. The smallest absolute Gasteiger partial charge is 0.312 e. The van der Waals surface area contributed by atoms with Crippen LogP contribution in [-0.4, -0.2) is 72.1 Å². The average molecular weight is 463 g/mol. The zero-order valence-corrected chi connectivity index (χ0v) is 19.0. The monoisotopic (exact) mass is 462 g/mol. The fourth-order valence-corrected chi connectivity index (χ4v) is 6.13. The summed E-state index contributed by atoms with van der Waals surface area (Å²) in [6.07, 6.45) is 1.70. The lowest BCUT2D eigenvalue weighted by Gasteiger charge is -2.47. The van der Waals surface area contributed by atoms with Crippen molar-refractivity contribution < 1.29 is 28.6 Å². The maximum atomic E-state index is 13.9. The van der Waals surface area contributed by atoms with E-state index in [1.807, 2.05) is 0 Å². The molecule has 0 bridgehead atoms. The topological polar surface area (TPSA) is 85.4 Å². The summed E-state index contributed by atoms with van der Waals surface area (Å²) < 4.78 is 17.1. The summed E-state index contributed by atoms with van der Waals surface area (Å²) in [5, 5.41) is 0.505. The van der Waals surface area contributed by atoms with E-state index in [9.17, 15) is 14.4 Å². The number of amides is 2. The van der Waals surface area contributed by atoms with Crippen LogP contribution in [0, 0.1) is 11.8 Å². The van der Waals surface area contributed by atoms with Gasteiger partial charge < -0.3 is 24.0 Å². The van der Waals surface area contributed by atoms with Crippen LogP contribution >= 0.6 is 11.6 Å². The molecule has 172 valence electrons. The van der Waals surface area contributed by atoms with E-state index in [1.54, 1.807) is 41.8 Å². The summed E-state index contributed by atoms with van der Waals surface area (Å²) in [4.78, 5) is 43.8. The molecule has 0 spiro atoms. The molecule has 1 aromatic rings. The van der Waals surface area contributed by atoms with Gasteiger partial charge in [-0.1, -0.05) is 11.6 Å². The molecule has 3 saturated heterocycles. The summed E-state index contributed by atoms with van der Waals surface area (Å²) in [6.45, 7) is 4.79. The number of nitrogens with zero attached hydrogens (tertiary/aromatic N) is 2. The molecule has 0 N–H and O–H groups in total. The molecule has 4 aliphatic rings. The van der Waals surface area contributed by atoms with Gasteiger partial charge in [-0.2, -0.15) is 0 Å². The van der Waals surface area contributed by atoms with Crippen molar-refractivity contribution in [3.8, 4) is 5.75 Å². The van der Waals surface area contributed by atoms with Gasteiger partial charge in [0.15, 0.2) is 0 Å². The van der Waals surface area contributed by atoms with E-state index in [0.29, 0.717) is 23.9 Å². The molecule has 5 rings (SSSR count). The normalized spacial score (nSPS) is 33.5. The molecular formula is C23H27ClN2O6. The predicted octanol–water partition coefficient (Wildman–Crippen LogP) is 2.19. The maximum Gasteiger partial charge on any atom is 0.312 e. The fraction of sp³-hybridized carbons (Fsp3) is 0.609. The molecule has 0 aromatic heterocycles. The lowest BCUT2D eigenvalue weighted by Crippen LogP contribution is -2.68. The highest BCUT2D eigenvalue weighted by Crippen LogP contribution is 2.56. The van der Waals surface area contributed by atoms with Gasteiger partial charge in [0.25, 0.3) is 0 Å². The second-order valence-corrected chi connectivity index (χ2v) is 9.50. The Morgan fingerprint density at radius 1 is 1.34 bits per heavy atom. The van der Waals surface area contributed by atoms with Gasteiger partial charge in [0.05, 0.1) is 37.8 Å². The quantitative estimate of drug-likeness (QED) is 0.638. The zero-order valence-electron chi connectivity index (χ0n) is 18.2. The molecule has 3 fully saturated rings. The number of fused-ring (bicyclic) bond motifs is 5. The molecule has 1 aromatic carbocycles. The van der Waals surface area contributed by atoms with E-state index in [1.165, 1.54) is 0 Å². The zero-order chi connectivity index (χ0) is 22.6. The van der Waals surface area contributed by atoms with Gasteiger partial charge in [-0.3, -0.25) is 14.4 Å². The molecule has 1 unspecified atom stereocenters. The third-order valence-corrected chi connectivity index (χ3v) is 7.48. The van der Waals surface area contributed by atoms with Crippen molar-refractivity contribution in [2.75, 3.05) is 32.9 Å². The molecule has 9 heteroatoms. The number of ether oxygens (including phenoxy) is 3.